The number of rotatable bonds is 2. The molecule has 23 heavy (non-hydrogen) atoms. The van der Waals surface area contributed by atoms with Crippen LogP contribution in [-0.4, -0.2) is 28.8 Å². The Hall–Kier alpha value is -2.63. The van der Waals surface area contributed by atoms with Crippen molar-refractivity contribution >= 4 is 17.8 Å². The summed E-state index contributed by atoms with van der Waals surface area (Å²) in [6, 6.07) is 8.35. The first-order chi connectivity index (χ1) is 10.8. The summed E-state index contributed by atoms with van der Waals surface area (Å²) in [6.07, 6.45) is 0. The van der Waals surface area contributed by atoms with Gasteiger partial charge in [-0.05, 0) is 11.0 Å². The van der Waals surface area contributed by atoms with Crippen molar-refractivity contribution in [1.82, 2.24) is 15.5 Å². The Kier molecular flexibility index (Phi) is 3.47. The van der Waals surface area contributed by atoms with Crippen LogP contribution in [0.3, 0.4) is 0 Å². The van der Waals surface area contributed by atoms with Gasteiger partial charge in [0.15, 0.2) is 0 Å². The van der Waals surface area contributed by atoms with Gasteiger partial charge in [0.25, 0.3) is 11.8 Å². The molecule has 6 nitrogen and oxygen atoms in total. The van der Waals surface area contributed by atoms with Crippen LogP contribution in [0.5, 0.6) is 0 Å². The smallest absolute Gasteiger partial charge is 0.319 e. The standard InChI is InChI=1S/C17H19N3O3/c1-17(2,3)13-11-12(18-16(23)19-13)15(22)20(14(11)21)9-10-7-5-4-6-8-10/h4-8,13H,9H2,1-3H3,(H2,18,19,23). The van der Waals surface area contributed by atoms with E-state index in [0.717, 1.165) is 5.56 Å². The molecule has 0 saturated carbocycles. The molecule has 0 bridgehead atoms. The number of benzene rings is 1. The van der Waals surface area contributed by atoms with Gasteiger partial charge in [-0.25, -0.2) is 4.79 Å². The highest BCUT2D eigenvalue weighted by molar-refractivity contribution is 6.21. The lowest BCUT2D eigenvalue weighted by molar-refractivity contribution is -0.138. The first-order valence-corrected chi connectivity index (χ1v) is 7.51. The maximum atomic E-state index is 12.8. The maximum absolute atomic E-state index is 12.8. The first-order valence-electron chi connectivity index (χ1n) is 7.51. The summed E-state index contributed by atoms with van der Waals surface area (Å²) in [5.74, 6) is -0.792. The third kappa shape index (κ3) is 2.60. The predicted octanol–water partition coefficient (Wildman–Crippen LogP) is 1.54. The number of carbonyl (C=O) groups is 3. The lowest BCUT2D eigenvalue weighted by atomic mass is 9.81. The Bertz CT molecular complexity index is 716. The Balaban J connectivity index is 1.95. The summed E-state index contributed by atoms with van der Waals surface area (Å²) in [4.78, 5) is 38.4. The van der Waals surface area contributed by atoms with E-state index in [2.05, 4.69) is 10.6 Å². The Morgan fingerprint density at radius 1 is 1.04 bits per heavy atom. The average molecular weight is 313 g/mol. The topological polar surface area (TPSA) is 78.5 Å². The van der Waals surface area contributed by atoms with E-state index >= 15 is 0 Å². The molecule has 0 saturated heterocycles. The van der Waals surface area contributed by atoms with Crippen LogP contribution >= 0.6 is 0 Å². The molecule has 2 aliphatic rings. The highest BCUT2D eigenvalue weighted by Crippen LogP contribution is 2.34. The van der Waals surface area contributed by atoms with E-state index in [0.29, 0.717) is 5.57 Å². The zero-order valence-corrected chi connectivity index (χ0v) is 13.3. The molecular formula is C17H19N3O3. The third-order valence-electron chi connectivity index (χ3n) is 4.06. The quantitative estimate of drug-likeness (QED) is 0.813. The van der Waals surface area contributed by atoms with Crippen LogP contribution in [0.4, 0.5) is 4.79 Å². The second kappa shape index (κ2) is 5.22. The van der Waals surface area contributed by atoms with Gasteiger partial charge >= 0.3 is 6.03 Å². The lowest BCUT2D eigenvalue weighted by Gasteiger charge is -2.34. The fraction of sp³-hybridized carbons (Fsp3) is 0.353. The summed E-state index contributed by atoms with van der Waals surface area (Å²) in [5, 5.41) is 5.25. The third-order valence-corrected chi connectivity index (χ3v) is 4.06. The van der Waals surface area contributed by atoms with Crippen molar-refractivity contribution in [1.29, 1.82) is 0 Å². The fourth-order valence-corrected chi connectivity index (χ4v) is 2.90. The van der Waals surface area contributed by atoms with Crippen LogP contribution in [0.15, 0.2) is 41.6 Å². The first kappa shape index (κ1) is 15.3. The Morgan fingerprint density at radius 2 is 1.70 bits per heavy atom. The number of urea groups is 1. The van der Waals surface area contributed by atoms with E-state index in [-0.39, 0.29) is 23.6 Å². The van der Waals surface area contributed by atoms with Gasteiger partial charge < -0.3 is 10.6 Å². The van der Waals surface area contributed by atoms with E-state index in [1.54, 1.807) is 0 Å². The lowest BCUT2D eigenvalue weighted by Crippen LogP contribution is -2.54. The number of carbonyl (C=O) groups excluding carboxylic acids is 3. The number of hydrogen-bond donors (Lipinski definition) is 2. The van der Waals surface area contributed by atoms with Gasteiger partial charge in [0.05, 0.1) is 18.2 Å². The molecule has 4 amide bonds. The van der Waals surface area contributed by atoms with Gasteiger partial charge in [0.1, 0.15) is 5.70 Å². The molecule has 1 unspecified atom stereocenters. The van der Waals surface area contributed by atoms with Crippen molar-refractivity contribution in [3.05, 3.63) is 47.2 Å². The van der Waals surface area contributed by atoms with Crippen LogP contribution < -0.4 is 10.6 Å². The summed E-state index contributed by atoms with van der Waals surface area (Å²) in [7, 11) is 0. The van der Waals surface area contributed by atoms with Crippen molar-refractivity contribution in [3.8, 4) is 0 Å². The molecular weight excluding hydrogens is 294 g/mol. The number of amides is 4. The summed E-state index contributed by atoms with van der Waals surface area (Å²) < 4.78 is 0. The minimum absolute atomic E-state index is 0.106. The molecule has 1 aromatic rings. The minimum Gasteiger partial charge on any atom is -0.330 e. The van der Waals surface area contributed by atoms with Gasteiger partial charge in [-0.3, -0.25) is 14.5 Å². The molecule has 6 heteroatoms. The maximum Gasteiger partial charge on any atom is 0.319 e. The molecule has 0 fully saturated rings. The van der Waals surface area contributed by atoms with Crippen molar-refractivity contribution < 1.29 is 14.4 Å². The summed E-state index contributed by atoms with van der Waals surface area (Å²) in [5.41, 5.74) is 0.935. The summed E-state index contributed by atoms with van der Waals surface area (Å²) in [6.45, 7) is 5.96. The van der Waals surface area contributed by atoms with Crippen LogP contribution in [0.25, 0.3) is 0 Å². The normalized spacial score (nSPS) is 21.3. The minimum atomic E-state index is -0.497. The molecule has 0 radical (unpaired) electrons. The van der Waals surface area contributed by atoms with Crippen molar-refractivity contribution in [3.63, 3.8) is 0 Å². The zero-order chi connectivity index (χ0) is 16.8. The largest absolute Gasteiger partial charge is 0.330 e. The molecule has 0 aromatic heterocycles. The van der Waals surface area contributed by atoms with Gasteiger partial charge in [-0.2, -0.15) is 0 Å². The number of nitrogens with one attached hydrogen (secondary N) is 2. The van der Waals surface area contributed by atoms with Crippen molar-refractivity contribution in [2.75, 3.05) is 0 Å². The van der Waals surface area contributed by atoms with Crippen LogP contribution in [0, 0.1) is 5.41 Å². The molecule has 120 valence electrons. The van der Waals surface area contributed by atoms with Gasteiger partial charge in [0, 0.05) is 0 Å². The molecule has 1 aromatic carbocycles. The predicted molar refractivity (Wildman–Crippen MR) is 83.9 cm³/mol. The Labute approximate surface area is 134 Å². The van der Waals surface area contributed by atoms with Gasteiger partial charge in [0.2, 0.25) is 0 Å². The monoisotopic (exact) mass is 313 g/mol. The summed E-state index contributed by atoms with van der Waals surface area (Å²) >= 11 is 0. The van der Waals surface area contributed by atoms with E-state index in [9.17, 15) is 14.4 Å². The Morgan fingerprint density at radius 3 is 2.30 bits per heavy atom. The highest BCUT2D eigenvalue weighted by Gasteiger charge is 2.48. The molecule has 2 heterocycles. The van der Waals surface area contributed by atoms with E-state index < -0.39 is 18.0 Å². The molecule has 0 aliphatic carbocycles. The zero-order valence-electron chi connectivity index (χ0n) is 13.3. The molecule has 0 spiro atoms. The average Bonchev–Trinajstić information content (AvgIpc) is 2.72. The van der Waals surface area contributed by atoms with Gasteiger partial charge in [-0.15, -0.1) is 0 Å². The SMILES string of the molecule is CC(C)(C)C1NC(=O)NC2=C1C(=O)N(Cc1ccccc1)C2=O. The fourth-order valence-electron chi connectivity index (χ4n) is 2.90. The molecule has 2 N–H and O–H groups in total. The van der Waals surface area contributed by atoms with E-state index in [1.807, 2.05) is 51.1 Å². The molecule has 1 atom stereocenters. The second-order valence-corrected chi connectivity index (χ2v) is 6.87. The van der Waals surface area contributed by atoms with Crippen LogP contribution in [0.1, 0.15) is 26.3 Å². The van der Waals surface area contributed by atoms with E-state index in [1.165, 1.54) is 4.90 Å². The van der Waals surface area contributed by atoms with Crippen molar-refractivity contribution in [2.45, 2.75) is 33.4 Å². The second-order valence-electron chi connectivity index (χ2n) is 6.87. The van der Waals surface area contributed by atoms with E-state index in [4.69, 9.17) is 0 Å². The van der Waals surface area contributed by atoms with Crippen LogP contribution in [0.2, 0.25) is 0 Å². The van der Waals surface area contributed by atoms with Gasteiger partial charge in [-0.1, -0.05) is 51.1 Å². The highest BCUT2D eigenvalue weighted by atomic mass is 16.2. The van der Waals surface area contributed by atoms with Crippen LogP contribution in [-0.2, 0) is 16.1 Å². The molecule has 3 rings (SSSR count). The number of hydrogen-bond acceptors (Lipinski definition) is 3. The number of nitrogens with zero attached hydrogens (tertiary/aromatic N) is 1. The number of imide groups is 1. The molecule has 2 aliphatic heterocycles. The van der Waals surface area contributed by atoms with Crippen molar-refractivity contribution in [2.24, 2.45) is 5.41 Å².